The molecule has 0 fully saturated rings. The number of aryl methyl sites for hydroxylation is 2. The summed E-state index contributed by atoms with van der Waals surface area (Å²) in [5.41, 5.74) is 10.9. The molecule has 0 heterocycles. The summed E-state index contributed by atoms with van der Waals surface area (Å²) in [6.07, 6.45) is 1.85. The van der Waals surface area contributed by atoms with Gasteiger partial charge < -0.3 is 16.4 Å². The normalized spacial score (nSPS) is 12.0. The van der Waals surface area contributed by atoms with Crippen LogP contribution in [0.5, 0.6) is 0 Å². The van der Waals surface area contributed by atoms with E-state index in [1.165, 1.54) is 11.1 Å². The van der Waals surface area contributed by atoms with E-state index in [4.69, 9.17) is 5.73 Å². The third-order valence-electron chi connectivity index (χ3n) is 4.36. The van der Waals surface area contributed by atoms with Crippen molar-refractivity contribution in [3.63, 3.8) is 0 Å². The Hall–Kier alpha value is -2.82. The minimum atomic E-state index is -0.275. The van der Waals surface area contributed by atoms with Crippen molar-refractivity contribution >= 4 is 17.6 Å². The largest absolute Gasteiger partial charge is 0.370 e. The van der Waals surface area contributed by atoms with E-state index in [0.29, 0.717) is 18.1 Å². The van der Waals surface area contributed by atoms with Gasteiger partial charge in [0.2, 0.25) is 0 Å². The van der Waals surface area contributed by atoms with Gasteiger partial charge in [0.1, 0.15) is 0 Å². The number of amides is 1. The molecular weight excluding hydrogens is 348 g/mol. The summed E-state index contributed by atoms with van der Waals surface area (Å²) in [6.45, 7) is 10.5. The minimum Gasteiger partial charge on any atom is -0.370 e. The molecule has 2 aromatic carbocycles. The quantitative estimate of drug-likeness (QED) is 0.517. The summed E-state index contributed by atoms with van der Waals surface area (Å²) >= 11 is 0. The smallest absolute Gasteiger partial charge is 0.251 e. The maximum Gasteiger partial charge on any atom is 0.251 e. The Balaban J connectivity index is 2.12. The molecule has 0 aliphatic rings. The molecule has 0 atom stereocenters. The molecule has 0 spiro atoms. The number of benzene rings is 2. The Kier molecular flexibility index (Phi) is 7.21. The summed E-state index contributed by atoms with van der Waals surface area (Å²) in [6, 6.07) is 13.8. The van der Waals surface area contributed by atoms with Crippen molar-refractivity contribution in [1.29, 1.82) is 0 Å². The van der Waals surface area contributed by atoms with Gasteiger partial charge in [0.25, 0.3) is 5.91 Å². The van der Waals surface area contributed by atoms with E-state index in [2.05, 4.69) is 47.7 Å². The number of aliphatic imine (C=N–C) groups is 1. The summed E-state index contributed by atoms with van der Waals surface area (Å²) in [4.78, 5) is 16.8. The SMILES string of the molecule is CCc1cccc(CC)c1NC(N)=NCc1cccc(C(=O)NC(C)(C)C)c1. The molecule has 150 valence electrons. The number of hydrogen-bond donors (Lipinski definition) is 3. The average molecular weight is 381 g/mol. The molecule has 5 nitrogen and oxygen atoms in total. The standard InChI is InChI=1S/C23H32N4O/c1-6-17-11-9-12-18(7-2)20(17)26-22(24)25-15-16-10-8-13-19(14-16)21(28)27-23(3,4)5/h8-14H,6-7,15H2,1-5H3,(H,27,28)(H3,24,25,26). The van der Waals surface area contributed by atoms with E-state index in [9.17, 15) is 4.79 Å². The zero-order valence-corrected chi connectivity index (χ0v) is 17.6. The van der Waals surface area contributed by atoms with Crippen molar-refractivity contribution in [2.24, 2.45) is 10.7 Å². The monoisotopic (exact) mass is 380 g/mol. The molecule has 2 rings (SSSR count). The van der Waals surface area contributed by atoms with Crippen LogP contribution in [0, 0.1) is 0 Å². The number of carbonyl (C=O) groups is 1. The van der Waals surface area contributed by atoms with Gasteiger partial charge in [-0.25, -0.2) is 4.99 Å². The lowest BCUT2D eigenvalue weighted by Gasteiger charge is -2.20. The predicted octanol–water partition coefficient (Wildman–Crippen LogP) is 4.27. The summed E-state index contributed by atoms with van der Waals surface area (Å²) in [5.74, 6) is 0.286. The van der Waals surface area contributed by atoms with Crippen LogP contribution < -0.4 is 16.4 Å². The first-order valence-electron chi connectivity index (χ1n) is 9.82. The van der Waals surface area contributed by atoms with Crippen molar-refractivity contribution in [3.05, 3.63) is 64.7 Å². The zero-order chi connectivity index (χ0) is 20.7. The molecule has 4 N–H and O–H groups in total. The molecule has 0 radical (unpaired) electrons. The number of nitrogens with two attached hydrogens (primary N) is 1. The van der Waals surface area contributed by atoms with Crippen molar-refractivity contribution in [2.45, 2.75) is 59.5 Å². The molecule has 0 saturated carbocycles. The highest BCUT2D eigenvalue weighted by Gasteiger charge is 2.15. The lowest BCUT2D eigenvalue weighted by molar-refractivity contribution is 0.0919. The summed E-state index contributed by atoms with van der Waals surface area (Å²) in [7, 11) is 0. The molecule has 2 aromatic rings. The molecular formula is C23H32N4O. The van der Waals surface area contributed by atoms with E-state index >= 15 is 0 Å². The van der Waals surface area contributed by atoms with Crippen molar-refractivity contribution in [1.82, 2.24) is 5.32 Å². The fourth-order valence-corrected chi connectivity index (χ4v) is 2.97. The highest BCUT2D eigenvalue weighted by atomic mass is 16.1. The number of guanidine groups is 1. The second kappa shape index (κ2) is 9.40. The third kappa shape index (κ3) is 6.12. The zero-order valence-electron chi connectivity index (χ0n) is 17.6. The van der Waals surface area contributed by atoms with Crippen LogP contribution in [0.15, 0.2) is 47.5 Å². The van der Waals surface area contributed by atoms with Gasteiger partial charge in [-0.15, -0.1) is 0 Å². The number of anilines is 1. The van der Waals surface area contributed by atoms with E-state index in [0.717, 1.165) is 24.1 Å². The van der Waals surface area contributed by atoms with Crippen molar-refractivity contribution in [3.8, 4) is 0 Å². The van der Waals surface area contributed by atoms with Crippen LogP contribution in [0.2, 0.25) is 0 Å². The number of rotatable bonds is 6. The van der Waals surface area contributed by atoms with Crippen LogP contribution in [-0.4, -0.2) is 17.4 Å². The summed E-state index contributed by atoms with van der Waals surface area (Å²) in [5, 5.41) is 6.24. The van der Waals surface area contributed by atoms with Gasteiger partial charge in [-0.3, -0.25) is 4.79 Å². The van der Waals surface area contributed by atoms with E-state index in [1.54, 1.807) is 6.07 Å². The van der Waals surface area contributed by atoms with E-state index < -0.39 is 0 Å². The minimum absolute atomic E-state index is 0.0890. The Morgan fingerprint density at radius 2 is 1.64 bits per heavy atom. The Bertz CT molecular complexity index is 828. The molecule has 5 heteroatoms. The molecule has 0 saturated heterocycles. The maximum absolute atomic E-state index is 12.3. The number of hydrogen-bond acceptors (Lipinski definition) is 2. The Morgan fingerprint density at radius 3 is 2.21 bits per heavy atom. The maximum atomic E-state index is 12.3. The van der Waals surface area contributed by atoms with Gasteiger partial charge in [0.05, 0.1) is 6.54 Å². The average Bonchev–Trinajstić information content (AvgIpc) is 2.65. The molecule has 0 bridgehead atoms. The van der Waals surface area contributed by atoms with Gasteiger partial charge in [-0.2, -0.15) is 0 Å². The first-order valence-corrected chi connectivity index (χ1v) is 9.82. The molecule has 0 aliphatic carbocycles. The third-order valence-corrected chi connectivity index (χ3v) is 4.36. The molecule has 0 aromatic heterocycles. The van der Waals surface area contributed by atoms with Gasteiger partial charge >= 0.3 is 0 Å². The molecule has 1 amide bonds. The fourth-order valence-electron chi connectivity index (χ4n) is 2.97. The van der Waals surface area contributed by atoms with Gasteiger partial charge in [0.15, 0.2) is 5.96 Å². The second-order valence-corrected chi connectivity index (χ2v) is 7.89. The van der Waals surface area contributed by atoms with Crippen LogP contribution in [0.1, 0.15) is 61.7 Å². The van der Waals surface area contributed by atoms with Crippen molar-refractivity contribution in [2.75, 3.05) is 5.32 Å². The Morgan fingerprint density at radius 1 is 1.04 bits per heavy atom. The van der Waals surface area contributed by atoms with Crippen molar-refractivity contribution < 1.29 is 4.79 Å². The topological polar surface area (TPSA) is 79.5 Å². The number of para-hydroxylation sites is 1. The highest BCUT2D eigenvalue weighted by Crippen LogP contribution is 2.22. The van der Waals surface area contributed by atoms with Gasteiger partial charge in [0, 0.05) is 16.8 Å². The van der Waals surface area contributed by atoms with Crippen LogP contribution in [0.25, 0.3) is 0 Å². The van der Waals surface area contributed by atoms with Gasteiger partial charge in [-0.1, -0.05) is 44.2 Å². The molecule has 28 heavy (non-hydrogen) atoms. The van der Waals surface area contributed by atoms with Crippen LogP contribution in [-0.2, 0) is 19.4 Å². The van der Waals surface area contributed by atoms with Crippen LogP contribution in [0.4, 0.5) is 5.69 Å². The lowest BCUT2D eigenvalue weighted by Crippen LogP contribution is -2.40. The van der Waals surface area contributed by atoms with Gasteiger partial charge in [-0.05, 0) is 62.4 Å². The lowest BCUT2D eigenvalue weighted by atomic mass is 10.0. The number of nitrogens with one attached hydrogen (secondary N) is 2. The van der Waals surface area contributed by atoms with Crippen LogP contribution in [0.3, 0.4) is 0 Å². The molecule has 0 unspecified atom stereocenters. The number of nitrogens with zero attached hydrogens (tertiary/aromatic N) is 1. The first kappa shape index (κ1) is 21.5. The van der Waals surface area contributed by atoms with Crippen LogP contribution >= 0.6 is 0 Å². The van der Waals surface area contributed by atoms with E-state index in [-0.39, 0.29) is 11.4 Å². The molecule has 0 aliphatic heterocycles. The predicted molar refractivity (Wildman–Crippen MR) is 118 cm³/mol. The first-order chi connectivity index (χ1) is 13.2. The number of carbonyl (C=O) groups excluding carboxylic acids is 1. The summed E-state index contributed by atoms with van der Waals surface area (Å²) < 4.78 is 0. The highest BCUT2D eigenvalue weighted by molar-refractivity contribution is 5.95. The second-order valence-electron chi connectivity index (χ2n) is 7.89. The fraction of sp³-hybridized carbons (Fsp3) is 0.391. The Labute approximate surface area is 168 Å². The van der Waals surface area contributed by atoms with E-state index in [1.807, 2.05) is 39.0 Å².